The number of hydrogen-bond acceptors (Lipinski definition) is 3. The van der Waals surface area contributed by atoms with Crippen LogP contribution in [-0.4, -0.2) is 52.5 Å². The van der Waals surface area contributed by atoms with Crippen LogP contribution in [0.4, 0.5) is 4.39 Å². The lowest BCUT2D eigenvalue weighted by Crippen LogP contribution is -2.47. The van der Waals surface area contributed by atoms with Crippen molar-refractivity contribution in [2.24, 2.45) is 5.92 Å². The van der Waals surface area contributed by atoms with E-state index in [0.717, 1.165) is 25.7 Å². The van der Waals surface area contributed by atoms with E-state index in [1.807, 2.05) is 4.90 Å². The van der Waals surface area contributed by atoms with Gasteiger partial charge in [-0.2, -0.15) is 0 Å². The molecular formula is C19H25FN2O3. The van der Waals surface area contributed by atoms with E-state index in [0.29, 0.717) is 17.9 Å². The molecule has 1 aliphatic carbocycles. The van der Waals surface area contributed by atoms with Gasteiger partial charge in [0, 0.05) is 25.2 Å². The molecule has 5 nitrogen and oxygen atoms in total. The number of halogens is 1. The van der Waals surface area contributed by atoms with Crippen molar-refractivity contribution in [3.05, 3.63) is 35.6 Å². The average molecular weight is 348 g/mol. The minimum atomic E-state index is -0.848. The number of nitrogens with zero attached hydrogens (tertiary/aromatic N) is 2. The third-order valence-electron chi connectivity index (χ3n) is 5.62. The van der Waals surface area contributed by atoms with Crippen molar-refractivity contribution in [2.45, 2.75) is 50.7 Å². The second kappa shape index (κ2) is 7.52. The molecule has 1 saturated heterocycles. The highest BCUT2D eigenvalue weighted by atomic mass is 19.1. The van der Waals surface area contributed by atoms with Crippen LogP contribution in [0.15, 0.2) is 24.3 Å². The number of likely N-dealkylation sites (N-methyl/N-ethyl adjacent to an activating group) is 1. The topological polar surface area (TPSA) is 60.9 Å². The minimum absolute atomic E-state index is 0.0864. The highest BCUT2D eigenvalue weighted by Crippen LogP contribution is 2.39. The Labute approximate surface area is 147 Å². The summed E-state index contributed by atoms with van der Waals surface area (Å²) in [5, 5.41) is 9.54. The Hall–Kier alpha value is -1.95. The molecule has 1 aromatic carbocycles. The van der Waals surface area contributed by atoms with Gasteiger partial charge in [-0.3, -0.25) is 14.5 Å². The van der Waals surface area contributed by atoms with Crippen molar-refractivity contribution >= 4 is 11.9 Å². The first-order valence-corrected chi connectivity index (χ1v) is 8.93. The first kappa shape index (κ1) is 17.9. The maximum atomic E-state index is 13.8. The van der Waals surface area contributed by atoms with E-state index in [-0.39, 0.29) is 30.9 Å². The number of amides is 1. The van der Waals surface area contributed by atoms with E-state index >= 15 is 0 Å². The monoisotopic (exact) mass is 348 g/mol. The zero-order chi connectivity index (χ0) is 18.0. The number of carboxylic acid groups (broad SMARTS) is 1. The summed E-state index contributed by atoms with van der Waals surface area (Å²) in [6, 6.07) is 5.99. The second-order valence-corrected chi connectivity index (χ2v) is 7.22. The molecule has 0 spiro atoms. The Kier molecular flexibility index (Phi) is 5.37. The van der Waals surface area contributed by atoms with Crippen LogP contribution in [0, 0.1) is 11.7 Å². The number of rotatable bonds is 5. The van der Waals surface area contributed by atoms with Gasteiger partial charge in [0.25, 0.3) is 0 Å². The smallest absolute Gasteiger partial charge is 0.320 e. The molecule has 136 valence electrons. The van der Waals surface area contributed by atoms with E-state index in [1.165, 1.54) is 11.0 Å². The molecular weight excluding hydrogens is 323 g/mol. The van der Waals surface area contributed by atoms with E-state index in [1.54, 1.807) is 25.2 Å². The van der Waals surface area contributed by atoms with Crippen molar-refractivity contribution in [1.29, 1.82) is 0 Å². The summed E-state index contributed by atoms with van der Waals surface area (Å²) in [4.78, 5) is 27.6. The summed E-state index contributed by atoms with van der Waals surface area (Å²) in [6.45, 7) is 0.272. The maximum absolute atomic E-state index is 13.8. The molecule has 0 aromatic heterocycles. The Morgan fingerprint density at radius 1 is 1.28 bits per heavy atom. The van der Waals surface area contributed by atoms with Gasteiger partial charge in [-0.05, 0) is 31.2 Å². The molecule has 1 heterocycles. The Balaban J connectivity index is 1.67. The van der Waals surface area contributed by atoms with Gasteiger partial charge in [0.2, 0.25) is 5.91 Å². The normalized spacial score (nSPS) is 26.2. The first-order valence-electron chi connectivity index (χ1n) is 8.93. The predicted molar refractivity (Wildman–Crippen MR) is 91.4 cm³/mol. The van der Waals surface area contributed by atoms with Crippen LogP contribution in [0.3, 0.4) is 0 Å². The first-order chi connectivity index (χ1) is 12.0. The summed E-state index contributed by atoms with van der Waals surface area (Å²) in [7, 11) is 1.64. The lowest BCUT2D eigenvalue weighted by molar-refractivity contribution is -0.144. The SMILES string of the molecule is CN(Cc1ccccc1F)C(=O)CN1C(C(=O)O)CC2CCCCC21. The van der Waals surface area contributed by atoms with Crippen LogP contribution < -0.4 is 0 Å². The number of hydrogen-bond donors (Lipinski definition) is 1. The van der Waals surface area contributed by atoms with Crippen LogP contribution in [0.5, 0.6) is 0 Å². The van der Waals surface area contributed by atoms with E-state index in [9.17, 15) is 19.1 Å². The summed E-state index contributed by atoms with van der Waals surface area (Å²) >= 11 is 0. The zero-order valence-corrected chi connectivity index (χ0v) is 14.5. The Bertz CT molecular complexity index is 651. The molecule has 25 heavy (non-hydrogen) atoms. The molecule has 1 N–H and O–H groups in total. The van der Waals surface area contributed by atoms with Crippen molar-refractivity contribution in [2.75, 3.05) is 13.6 Å². The molecule has 0 radical (unpaired) electrons. The minimum Gasteiger partial charge on any atom is -0.480 e. The third kappa shape index (κ3) is 3.84. The number of carbonyl (C=O) groups excluding carboxylic acids is 1. The van der Waals surface area contributed by atoms with Crippen LogP contribution in [0.2, 0.25) is 0 Å². The molecule has 3 atom stereocenters. The number of likely N-dealkylation sites (tertiary alicyclic amines) is 1. The fourth-order valence-electron chi connectivity index (χ4n) is 4.27. The number of aliphatic carboxylic acids is 1. The molecule has 3 unspecified atom stereocenters. The van der Waals surface area contributed by atoms with Crippen molar-refractivity contribution in [3.63, 3.8) is 0 Å². The largest absolute Gasteiger partial charge is 0.480 e. The van der Waals surface area contributed by atoms with E-state index in [2.05, 4.69) is 0 Å². The van der Waals surface area contributed by atoms with Gasteiger partial charge < -0.3 is 10.0 Å². The van der Waals surface area contributed by atoms with Gasteiger partial charge in [-0.25, -0.2) is 4.39 Å². The number of fused-ring (bicyclic) bond motifs is 1. The molecule has 6 heteroatoms. The fourth-order valence-corrected chi connectivity index (χ4v) is 4.27. The van der Waals surface area contributed by atoms with E-state index < -0.39 is 12.0 Å². The van der Waals surface area contributed by atoms with Gasteiger partial charge >= 0.3 is 5.97 Å². The number of benzene rings is 1. The lowest BCUT2D eigenvalue weighted by atomic mass is 9.85. The Morgan fingerprint density at radius 3 is 2.72 bits per heavy atom. The third-order valence-corrected chi connectivity index (χ3v) is 5.62. The fraction of sp³-hybridized carbons (Fsp3) is 0.579. The number of carbonyl (C=O) groups is 2. The zero-order valence-electron chi connectivity index (χ0n) is 14.5. The van der Waals surface area contributed by atoms with Crippen LogP contribution in [0.25, 0.3) is 0 Å². The highest BCUT2D eigenvalue weighted by Gasteiger charge is 2.45. The lowest BCUT2D eigenvalue weighted by Gasteiger charge is -2.33. The summed E-state index contributed by atoms with van der Waals surface area (Å²) in [5.41, 5.74) is 0.463. The standard InChI is InChI=1S/C19H25FN2O3/c1-21(11-14-7-2-4-8-15(14)20)18(23)12-22-16-9-5-3-6-13(16)10-17(22)19(24)25/h2,4,7-8,13,16-17H,3,5-6,9-12H2,1H3,(H,24,25). The van der Waals surface area contributed by atoms with Gasteiger partial charge in [-0.15, -0.1) is 0 Å². The maximum Gasteiger partial charge on any atom is 0.320 e. The average Bonchev–Trinajstić information content (AvgIpc) is 2.96. The van der Waals surface area contributed by atoms with Crippen molar-refractivity contribution < 1.29 is 19.1 Å². The second-order valence-electron chi connectivity index (χ2n) is 7.22. The van der Waals surface area contributed by atoms with Crippen LogP contribution in [-0.2, 0) is 16.1 Å². The van der Waals surface area contributed by atoms with Gasteiger partial charge in [0.05, 0.1) is 6.54 Å². The number of carboxylic acids is 1. The van der Waals surface area contributed by atoms with Crippen molar-refractivity contribution in [3.8, 4) is 0 Å². The molecule has 1 amide bonds. The summed E-state index contributed by atoms with van der Waals surface area (Å²) in [5.74, 6) is -0.974. The van der Waals surface area contributed by atoms with Gasteiger partial charge in [-0.1, -0.05) is 31.0 Å². The van der Waals surface area contributed by atoms with Crippen molar-refractivity contribution in [1.82, 2.24) is 9.80 Å². The molecule has 0 bridgehead atoms. The Morgan fingerprint density at radius 2 is 2.00 bits per heavy atom. The van der Waals surface area contributed by atoms with Gasteiger partial charge in [0.15, 0.2) is 0 Å². The molecule has 2 fully saturated rings. The molecule has 3 rings (SSSR count). The quantitative estimate of drug-likeness (QED) is 0.888. The van der Waals surface area contributed by atoms with Gasteiger partial charge in [0.1, 0.15) is 11.9 Å². The van der Waals surface area contributed by atoms with Crippen LogP contribution in [0.1, 0.15) is 37.7 Å². The molecule has 2 aliphatic rings. The van der Waals surface area contributed by atoms with Crippen LogP contribution >= 0.6 is 0 Å². The molecule has 1 aromatic rings. The highest BCUT2D eigenvalue weighted by molar-refractivity contribution is 5.80. The summed E-state index contributed by atoms with van der Waals surface area (Å²) in [6.07, 6.45) is 4.86. The predicted octanol–water partition coefficient (Wildman–Crippen LogP) is 2.50. The molecule has 1 aliphatic heterocycles. The van der Waals surface area contributed by atoms with E-state index in [4.69, 9.17) is 0 Å². The molecule has 1 saturated carbocycles. The summed E-state index contributed by atoms with van der Waals surface area (Å²) < 4.78 is 13.8.